The number of ether oxygens (including phenoxy) is 1. The molecule has 142 valence electrons. The summed E-state index contributed by atoms with van der Waals surface area (Å²) in [6, 6.07) is 6.80. The summed E-state index contributed by atoms with van der Waals surface area (Å²) in [4.78, 5) is 27.1. The summed E-state index contributed by atoms with van der Waals surface area (Å²) in [5.74, 6) is -1.09. The highest BCUT2D eigenvalue weighted by molar-refractivity contribution is 7.89. The summed E-state index contributed by atoms with van der Waals surface area (Å²) >= 11 is 0. The van der Waals surface area contributed by atoms with Crippen LogP contribution in [0.1, 0.15) is 35.7 Å². The molecule has 1 rings (SSSR count). The molecule has 1 aromatic carbocycles. The molecule has 7 nitrogen and oxygen atoms in total. The molecule has 26 heavy (non-hydrogen) atoms. The highest BCUT2D eigenvalue weighted by Gasteiger charge is 2.12. The summed E-state index contributed by atoms with van der Waals surface area (Å²) in [5.41, 5.74) is 1.13. The Hall–Kier alpha value is -2.32. The highest BCUT2D eigenvalue weighted by Crippen LogP contribution is 2.10. The SMILES string of the molecule is COC(=O)/C(C)=N/C(=O)c1cccc(/C=C\CCCS(=O)(=O)N(C)C)c1. The Balaban J connectivity index is 2.70. The van der Waals surface area contributed by atoms with Crippen molar-refractivity contribution >= 4 is 33.7 Å². The van der Waals surface area contributed by atoms with Crippen molar-refractivity contribution in [1.82, 2.24) is 4.31 Å². The first kappa shape index (κ1) is 21.7. The van der Waals surface area contributed by atoms with E-state index in [2.05, 4.69) is 9.73 Å². The Labute approximate surface area is 154 Å². The molecule has 0 atom stereocenters. The Morgan fingerprint density at radius 3 is 2.58 bits per heavy atom. The van der Waals surface area contributed by atoms with E-state index in [4.69, 9.17) is 0 Å². The maximum absolute atomic E-state index is 12.1. The number of nitrogens with zero attached hydrogens (tertiary/aromatic N) is 2. The summed E-state index contributed by atoms with van der Waals surface area (Å²) in [5, 5.41) is 0. The van der Waals surface area contributed by atoms with Crippen molar-refractivity contribution in [3.05, 3.63) is 41.5 Å². The van der Waals surface area contributed by atoms with Gasteiger partial charge < -0.3 is 4.74 Å². The largest absolute Gasteiger partial charge is 0.465 e. The predicted octanol–water partition coefficient (Wildman–Crippen LogP) is 2.15. The summed E-state index contributed by atoms with van der Waals surface area (Å²) < 4.78 is 29.0. The van der Waals surface area contributed by atoms with Crippen molar-refractivity contribution in [3.63, 3.8) is 0 Å². The van der Waals surface area contributed by atoms with Gasteiger partial charge in [-0.05, 0) is 37.5 Å². The lowest BCUT2D eigenvalue weighted by Crippen LogP contribution is -2.24. The van der Waals surface area contributed by atoms with Crippen molar-refractivity contribution in [3.8, 4) is 0 Å². The van der Waals surface area contributed by atoms with Gasteiger partial charge in [0, 0.05) is 19.7 Å². The number of benzene rings is 1. The third-order valence-corrected chi connectivity index (χ3v) is 5.44. The molecule has 0 aliphatic carbocycles. The van der Waals surface area contributed by atoms with Gasteiger partial charge in [-0.2, -0.15) is 0 Å². The van der Waals surface area contributed by atoms with Crippen LogP contribution in [0.5, 0.6) is 0 Å². The van der Waals surface area contributed by atoms with Crippen LogP contribution in [0.2, 0.25) is 0 Å². The van der Waals surface area contributed by atoms with Gasteiger partial charge in [-0.1, -0.05) is 24.3 Å². The third kappa shape index (κ3) is 6.89. The van der Waals surface area contributed by atoms with Crippen molar-refractivity contribution < 1.29 is 22.7 Å². The molecule has 1 amide bonds. The second-order valence-electron chi connectivity index (χ2n) is 5.76. The van der Waals surface area contributed by atoms with Gasteiger partial charge in [-0.15, -0.1) is 0 Å². The number of carbonyl (C=O) groups excluding carboxylic acids is 2. The first-order valence-corrected chi connectivity index (χ1v) is 9.63. The van der Waals surface area contributed by atoms with E-state index in [1.165, 1.54) is 32.4 Å². The van der Waals surface area contributed by atoms with E-state index in [0.717, 1.165) is 5.56 Å². The number of rotatable bonds is 8. The Morgan fingerprint density at radius 1 is 1.27 bits per heavy atom. The van der Waals surface area contributed by atoms with Gasteiger partial charge in [0.1, 0.15) is 5.71 Å². The molecule has 0 heterocycles. The van der Waals surface area contributed by atoms with Crippen molar-refractivity contribution in [2.75, 3.05) is 27.0 Å². The second kappa shape index (κ2) is 9.98. The molecule has 0 radical (unpaired) electrons. The molecule has 1 aromatic rings. The van der Waals surface area contributed by atoms with E-state index in [9.17, 15) is 18.0 Å². The Bertz CT molecular complexity index is 811. The zero-order chi connectivity index (χ0) is 19.7. The van der Waals surface area contributed by atoms with Crippen LogP contribution in [-0.4, -0.2) is 57.3 Å². The van der Waals surface area contributed by atoms with Gasteiger partial charge in [0.2, 0.25) is 10.0 Å². The first-order chi connectivity index (χ1) is 12.2. The van der Waals surface area contributed by atoms with Gasteiger partial charge in [-0.3, -0.25) is 4.79 Å². The molecule has 0 N–H and O–H groups in total. The van der Waals surface area contributed by atoms with Gasteiger partial charge in [0.05, 0.1) is 12.9 Å². The van der Waals surface area contributed by atoms with Crippen LogP contribution < -0.4 is 0 Å². The van der Waals surface area contributed by atoms with Crippen LogP contribution in [0.15, 0.2) is 35.3 Å². The second-order valence-corrected chi connectivity index (χ2v) is 8.06. The number of aliphatic imine (C=N–C) groups is 1. The van der Waals surface area contributed by atoms with Crippen LogP contribution in [0.4, 0.5) is 0 Å². The normalized spacial score (nSPS) is 12.6. The fraction of sp³-hybridized carbons (Fsp3) is 0.389. The van der Waals surface area contributed by atoms with Crippen molar-refractivity contribution in [1.29, 1.82) is 0 Å². The van der Waals surface area contributed by atoms with E-state index >= 15 is 0 Å². The zero-order valence-corrected chi connectivity index (χ0v) is 16.2. The first-order valence-electron chi connectivity index (χ1n) is 8.02. The number of hydrogen-bond donors (Lipinski definition) is 0. The van der Waals surface area contributed by atoms with E-state index < -0.39 is 21.9 Å². The number of carbonyl (C=O) groups is 2. The lowest BCUT2D eigenvalue weighted by molar-refractivity contribution is -0.132. The lowest BCUT2D eigenvalue weighted by atomic mass is 10.1. The fourth-order valence-corrected chi connectivity index (χ4v) is 2.87. The number of allylic oxidation sites excluding steroid dienone is 1. The monoisotopic (exact) mass is 380 g/mol. The predicted molar refractivity (Wildman–Crippen MR) is 102 cm³/mol. The summed E-state index contributed by atoms with van der Waals surface area (Å²) in [7, 11) is 1.07. The number of unbranched alkanes of at least 4 members (excludes halogenated alkanes) is 1. The molecule has 0 aliphatic rings. The molecule has 0 saturated carbocycles. The van der Waals surface area contributed by atoms with Gasteiger partial charge in [0.15, 0.2) is 0 Å². The summed E-state index contributed by atoms with van der Waals surface area (Å²) in [6.45, 7) is 1.41. The molecular formula is C18H24N2O5S. The van der Waals surface area contributed by atoms with Crippen LogP contribution in [-0.2, 0) is 19.6 Å². The molecule has 0 aliphatic heterocycles. The number of hydrogen-bond acceptors (Lipinski definition) is 5. The van der Waals surface area contributed by atoms with Gasteiger partial charge in [0.25, 0.3) is 5.91 Å². The Morgan fingerprint density at radius 2 is 1.96 bits per heavy atom. The Kier molecular flexibility index (Phi) is 8.34. The standard InChI is InChI=1S/C18H24N2O5S/c1-14(18(22)25-4)19-17(21)16-11-8-10-15(13-16)9-6-5-7-12-26(23,24)20(2)3/h6,8-11,13H,5,7,12H2,1-4H3/b9-6-,19-14+. The van der Waals surface area contributed by atoms with Crippen LogP contribution in [0.3, 0.4) is 0 Å². The molecule has 0 aromatic heterocycles. The quantitative estimate of drug-likeness (QED) is 0.391. The fourth-order valence-electron chi connectivity index (χ4n) is 1.97. The number of methoxy groups -OCH3 is 1. The van der Waals surface area contributed by atoms with E-state index in [0.29, 0.717) is 18.4 Å². The summed E-state index contributed by atoms with van der Waals surface area (Å²) in [6.07, 6.45) is 4.79. The minimum absolute atomic E-state index is 0.0134. The molecule has 8 heteroatoms. The number of esters is 1. The zero-order valence-electron chi connectivity index (χ0n) is 15.4. The smallest absolute Gasteiger partial charge is 0.352 e. The van der Waals surface area contributed by atoms with Gasteiger partial charge >= 0.3 is 5.97 Å². The molecule has 0 bridgehead atoms. The van der Waals surface area contributed by atoms with E-state index in [1.807, 2.05) is 18.2 Å². The highest BCUT2D eigenvalue weighted by atomic mass is 32.2. The topological polar surface area (TPSA) is 93.1 Å². The van der Waals surface area contributed by atoms with E-state index in [-0.39, 0.29) is 11.5 Å². The molecule has 0 fully saturated rings. The van der Waals surface area contributed by atoms with Crippen molar-refractivity contribution in [2.24, 2.45) is 4.99 Å². The molecule has 0 spiro atoms. The minimum atomic E-state index is -3.18. The van der Waals surface area contributed by atoms with E-state index in [1.54, 1.807) is 18.2 Å². The van der Waals surface area contributed by atoms with Crippen LogP contribution in [0, 0.1) is 0 Å². The van der Waals surface area contributed by atoms with Crippen LogP contribution >= 0.6 is 0 Å². The van der Waals surface area contributed by atoms with Crippen LogP contribution in [0.25, 0.3) is 6.08 Å². The number of sulfonamides is 1. The average Bonchev–Trinajstić information content (AvgIpc) is 2.60. The van der Waals surface area contributed by atoms with Gasteiger partial charge in [-0.25, -0.2) is 22.5 Å². The maximum Gasteiger partial charge on any atom is 0.352 e. The average molecular weight is 380 g/mol. The third-order valence-electron chi connectivity index (χ3n) is 3.52. The van der Waals surface area contributed by atoms with Crippen molar-refractivity contribution in [2.45, 2.75) is 19.8 Å². The molecule has 0 unspecified atom stereocenters. The lowest BCUT2D eigenvalue weighted by Gasteiger charge is -2.09. The number of amides is 1. The minimum Gasteiger partial charge on any atom is -0.465 e. The molecular weight excluding hydrogens is 356 g/mol. The maximum atomic E-state index is 12.1. The molecule has 0 saturated heterocycles.